The summed E-state index contributed by atoms with van der Waals surface area (Å²) in [4.78, 5) is 22.6. The van der Waals surface area contributed by atoms with Crippen molar-refractivity contribution in [1.29, 1.82) is 0 Å². The van der Waals surface area contributed by atoms with Crippen LogP contribution < -0.4 is 4.90 Å². The quantitative estimate of drug-likeness (QED) is 0.733. The molecular formula is C19H23F3N4O2S. The predicted octanol–water partition coefficient (Wildman–Crippen LogP) is 3.67. The molecule has 158 valence electrons. The zero-order chi connectivity index (χ0) is 20.6. The molecule has 4 rings (SSSR count). The molecule has 3 heterocycles. The number of hydrogen-bond donors (Lipinski definition) is 0. The van der Waals surface area contributed by atoms with Crippen molar-refractivity contribution < 1.29 is 22.7 Å². The van der Waals surface area contributed by atoms with Gasteiger partial charge in [0.05, 0.1) is 29.0 Å². The van der Waals surface area contributed by atoms with Crippen molar-refractivity contribution in [3.05, 3.63) is 23.8 Å². The molecule has 2 aliphatic heterocycles. The van der Waals surface area contributed by atoms with Crippen molar-refractivity contribution in [1.82, 2.24) is 14.8 Å². The number of thiazole rings is 1. The predicted molar refractivity (Wildman–Crippen MR) is 105 cm³/mol. The van der Waals surface area contributed by atoms with Gasteiger partial charge in [-0.2, -0.15) is 13.2 Å². The molecule has 2 fully saturated rings. The minimum Gasteiger partial charge on any atom is -0.378 e. The molecule has 0 saturated carbocycles. The van der Waals surface area contributed by atoms with Crippen LogP contribution in [0.4, 0.5) is 23.1 Å². The topological polar surface area (TPSA) is 48.9 Å². The van der Waals surface area contributed by atoms with Gasteiger partial charge in [-0.1, -0.05) is 17.4 Å². The van der Waals surface area contributed by atoms with E-state index in [-0.39, 0.29) is 17.6 Å². The monoisotopic (exact) mass is 428 g/mol. The van der Waals surface area contributed by atoms with Gasteiger partial charge in [0.1, 0.15) is 0 Å². The van der Waals surface area contributed by atoms with Crippen LogP contribution in [0.25, 0.3) is 10.2 Å². The lowest BCUT2D eigenvalue weighted by atomic mass is 10.0. The average molecular weight is 428 g/mol. The number of urea groups is 1. The second-order valence-electron chi connectivity index (χ2n) is 7.36. The van der Waals surface area contributed by atoms with Gasteiger partial charge in [0.25, 0.3) is 0 Å². The Hall–Kier alpha value is -2.07. The van der Waals surface area contributed by atoms with Crippen molar-refractivity contribution in [2.75, 3.05) is 51.3 Å². The number of rotatable bonds is 2. The van der Waals surface area contributed by atoms with E-state index in [2.05, 4.69) is 4.98 Å². The van der Waals surface area contributed by atoms with Gasteiger partial charge in [0, 0.05) is 39.3 Å². The summed E-state index contributed by atoms with van der Waals surface area (Å²) in [6, 6.07) is 4.30. The first-order valence-corrected chi connectivity index (χ1v) is 10.5. The molecule has 10 heteroatoms. The van der Waals surface area contributed by atoms with Gasteiger partial charge >= 0.3 is 12.2 Å². The lowest BCUT2D eigenvalue weighted by molar-refractivity contribution is -0.136. The van der Waals surface area contributed by atoms with Crippen molar-refractivity contribution in [3.8, 4) is 0 Å². The Morgan fingerprint density at radius 2 is 1.90 bits per heavy atom. The van der Waals surface area contributed by atoms with Crippen molar-refractivity contribution >= 4 is 32.7 Å². The van der Waals surface area contributed by atoms with Crippen molar-refractivity contribution in [2.24, 2.45) is 0 Å². The van der Waals surface area contributed by atoms with Crippen LogP contribution in [0.1, 0.15) is 18.4 Å². The van der Waals surface area contributed by atoms with Gasteiger partial charge in [-0.05, 0) is 25.0 Å². The molecule has 0 aliphatic carbocycles. The van der Waals surface area contributed by atoms with E-state index in [1.165, 1.54) is 17.4 Å². The van der Waals surface area contributed by atoms with E-state index in [9.17, 15) is 18.0 Å². The molecule has 1 aromatic carbocycles. The Balaban J connectivity index is 1.42. The minimum atomic E-state index is -4.42. The summed E-state index contributed by atoms with van der Waals surface area (Å²) < 4.78 is 45.6. The highest BCUT2D eigenvalue weighted by atomic mass is 32.1. The highest BCUT2D eigenvalue weighted by Crippen LogP contribution is 2.39. The summed E-state index contributed by atoms with van der Waals surface area (Å²) in [5, 5.41) is 0.609. The SMILES string of the molecule is CN(C(=O)N1CCOCC1)C1CCN(c2nc3c(C(F)(F)F)cccc3s2)CC1. The summed E-state index contributed by atoms with van der Waals surface area (Å²) >= 11 is 1.28. The molecule has 0 bridgehead atoms. The Labute approximate surface area is 170 Å². The van der Waals surface area contributed by atoms with E-state index in [1.54, 1.807) is 11.0 Å². The lowest BCUT2D eigenvalue weighted by Crippen LogP contribution is -2.52. The molecule has 2 saturated heterocycles. The van der Waals surface area contributed by atoms with Crippen molar-refractivity contribution in [2.45, 2.75) is 25.1 Å². The Morgan fingerprint density at radius 1 is 1.21 bits per heavy atom. The van der Waals surface area contributed by atoms with Crippen LogP contribution in [0.15, 0.2) is 18.2 Å². The van der Waals surface area contributed by atoms with Crippen LogP contribution in [0, 0.1) is 0 Å². The maximum Gasteiger partial charge on any atom is 0.418 e. The van der Waals surface area contributed by atoms with Crippen LogP contribution in [0.2, 0.25) is 0 Å². The van der Waals surface area contributed by atoms with Gasteiger partial charge in [-0.25, -0.2) is 9.78 Å². The van der Waals surface area contributed by atoms with Gasteiger partial charge < -0.3 is 19.4 Å². The molecular weight excluding hydrogens is 405 g/mol. The summed E-state index contributed by atoms with van der Waals surface area (Å²) in [6.07, 6.45) is -2.90. The third-order valence-electron chi connectivity index (χ3n) is 5.58. The number of ether oxygens (including phenoxy) is 1. The largest absolute Gasteiger partial charge is 0.418 e. The molecule has 0 unspecified atom stereocenters. The van der Waals surface area contributed by atoms with Crippen LogP contribution in [-0.4, -0.2) is 73.3 Å². The average Bonchev–Trinajstić information content (AvgIpc) is 3.17. The fraction of sp³-hybridized carbons (Fsp3) is 0.579. The number of para-hydroxylation sites is 1. The third-order valence-corrected chi connectivity index (χ3v) is 6.66. The molecule has 0 atom stereocenters. The summed E-state index contributed by atoms with van der Waals surface area (Å²) in [6.45, 7) is 3.66. The number of anilines is 1. The number of morpholine rings is 1. The fourth-order valence-electron chi connectivity index (χ4n) is 3.88. The first-order chi connectivity index (χ1) is 13.8. The fourth-order valence-corrected chi connectivity index (χ4v) is 4.92. The van der Waals surface area contributed by atoms with E-state index in [4.69, 9.17) is 4.74 Å². The molecule has 2 aromatic rings. The van der Waals surface area contributed by atoms with Gasteiger partial charge in [0.15, 0.2) is 5.13 Å². The molecule has 2 amide bonds. The summed E-state index contributed by atoms with van der Waals surface area (Å²) in [7, 11) is 1.82. The van der Waals surface area contributed by atoms with Crippen LogP contribution >= 0.6 is 11.3 Å². The van der Waals surface area contributed by atoms with Crippen LogP contribution in [0.5, 0.6) is 0 Å². The third kappa shape index (κ3) is 4.13. The molecule has 0 radical (unpaired) electrons. The van der Waals surface area contributed by atoms with Gasteiger partial charge in [0.2, 0.25) is 0 Å². The van der Waals surface area contributed by atoms with E-state index in [0.717, 1.165) is 18.9 Å². The number of nitrogens with zero attached hydrogens (tertiary/aromatic N) is 4. The lowest BCUT2D eigenvalue weighted by Gasteiger charge is -2.39. The molecule has 2 aliphatic rings. The van der Waals surface area contributed by atoms with Crippen LogP contribution in [0.3, 0.4) is 0 Å². The standard InChI is InChI=1S/C19H23F3N4O2S/c1-24(18(27)26-9-11-28-12-10-26)13-5-7-25(8-6-13)17-23-16-14(19(20,21)22)3-2-4-15(16)29-17/h2-4,13H,5-12H2,1H3. The maximum atomic E-state index is 13.2. The minimum absolute atomic E-state index is 0.0153. The molecule has 29 heavy (non-hydrogen) atoms. The Bertz CT molecular complexity index is 874. The maximum absolute atomic E-state index is 13.2. The van der Waals surface area contributed by atoms with Gasteiger partial charge in [-0.3, -0.25) is 0 Å². The second kappa shape index (κ2) is 7.98. The highest BCUT2D eigenvalue weighted by molar-refractivity contribution is 7.22. The van der Waals surface area contributed by atoms with E-state index in [1.807, 2.05) is 16.8 Å². The zero-order valence-corrected chi connectivity index (χ0v) is 16.9. The van der Waals surface area contributed by atoms with E-state index < -0.39 is 11.7 Å². The number of fused-ring (bicyclic) bond motifs is 1. The molecule has 1 aromatic heterocycles. The number of alkyl halides is 3. The van der Waals surface area contributed by atoms with E-state index in [0.29, 0.717) is 49.2 Å². The molecule has 6 nitrogen and oxygen atoms in total. The number of halogens is 3. The summed E-state index contributed by atoms with van der Waals surface area (Å²) in [5.74, 6) is 0. The van der Waals surface area contributed by atoms with E-state index >= 15 is 0 Å². The van der Waals surface area contributed by atoms with Crippen molar-refractivity contribution in [3.63, 3.8) is 0 Å². The molecule has 0 spiro atoms. The smallest absolute Gasteiger partial charge is 0.378 e. The summed E-state index contributed by atoms with van der Waals surface area (Å²) in [5.41, 5.74) is -0.676. The Kier molecular flexibility index (Phi) is 5.56. The number of hydrogen-bond acceptors (Lipinski definition) is 5. The van der Waals surface area contributed by atoms with Crippen LogP contribution in [-0.2, 0) is 10.9 Å². The number of benzene rings is 1. The first-order valence-electron chi connectivity index (χ1n) is 9.66. The highest BCUT2D eigenvalue weighted by Gasteiger charge is 2.35. The number of carbonyl (C=O) groups is 1. The number of carbonyl (C=O) groups excluding carboxylic acids is 1. The first kappa shape index (κ1) is 20.2. The zero-order valence-electron chi connectivity index (χ0n) is 16.1. The second-order valence-corrected chi connectivity index (χ2v) is 8.37. The Morgan fingerprint density at radius 3 is 2.55 bits per heavy atom. The van der Waals surface area contributed by atoms with Gasteiger partial charge in [-0.15, -0.1) is 0 Å². The number of aromatic nitrogens is 1. The number of piperidine rings is 1. The normalized spacial score (nSPS) is 19.0. The number of amides is 2. The molecule has 0 N–H and O–H groups in total.